The standard InChI is InChI=1S/C13H17ClN2/c1-9-7-11-12(8-10(9)2)16-13(15-11)5-3-4-6-14/h7-8H,3-6H2,1-2H3,(H,15,16). The molecule has 0 unspecified atom stereocenters. The van der Waals surface area contributed by atoms with Gasteiger partial charge in [-0.25, -0.2) is 4.98 Å². The number of aromatic amines is 1. The van der Waals surface area contributed by atoms with E-state index in [0.29, 0.717) is 0 Å². The number of nitrogens with zero attached hydrogens (tertiary/aromatic N) is 1. The zero-order chi connectivity index (χ0) is 11.5. The lowest BCUT2D eigenvalue weighted by molar-refractivity contribution is 0.769. The fourth-order valence-corrected chi connectivity index (χ4v) is 2.02. The molecule has 1 aromatic carbocycles. The molecule has 0 saturated carbocycles. The summed E-state index contributed by atoms with van der Waals surface area (Å²) in [5.41, 5.74) is 4.82. The van der Waals surface area contributed by atoms with Gasteiger partial charge in [-0.15, -0.1) is 11.6 Å². The van der Waals surface area contributed by atoms with Crippen molar-refractivity contribution in [1.82, 2.24) is 9.97 Å². The Hall–Kier alpha value is -1.02. The van der Waals surface area contributed by atoms with Crippen LogP contribution in [-0.4, -0.2) is 15.8 Å². The maximum absolute atomic E-state index is 5.66. The van der Waals surface area contributed by atoms with Crippen molar-refractivity contribution in [1.29, 1.82) is 0 Å². The van der Waals surface area contributed by atoms with E-state index in [0.717, 1.165) is 42.0 Å². The first-order valence-corrected chi connectivity index (χ1v) is 6.26. The molecular formula is C13H17ClN2. The van der Waals surface area contributed by atoms with E-state index in [1.807, 2.05) is 0 Å². The average Bonchev–Trinajstić information content (AvgIpc) is 2.61. The van der Waals surface area contributed by atoms with Crippen molar-refractivity contribution in [3.63, 3.8) is 0 Å². The van der Waals surface area contributed by atoms with Crippen molar-refractivity contribution in [3.05, 3.63) is 29.1 Å². The number of rotatable bonds is 4. The number of aromatic nitrogens is 2. The Morgan fingerprint density at radius 2 is 1.94 bits per heavy atom. The van der Waals surface area contributed by atoms with Gasteiger partial charge in [-0.3, -0.25) is 0 Å². The van der Waals surface area contributed by atoms with Crippen molar-refractivity contribution in [2.75, 3.05) is 5.88 Å². The average molecular weight is 237 g/mol. The van der Waals surface area contributed by atoms with Gasteiger partial charge in [0.05, 0.1) is 11.0 Å². The molecule has 1 heterocycles. The highest BCUT2D eigenvalue weighted by atomic mass is 35.5. The number of halogens is 1. The molecule has 0 saturated heterocycles. The SMILES string of the molecule is Cc1cc2nc(CCCCCl)[nH]c2cc1C. The van der Waals surface area contributed by atoms with Crippen molar-refractivity contribution >= 4 is 22.6 Å². The second-order valence-corrected chi connectivity index (χ2v) is 4.66. The highest BCUT2D eigenvalue weighted by Crippen LogP contribution is 2.17. The number of fused-ring (bicyclic) bond motifs is 1. The highest BCUT2D eigenvalue weighted by molar-refractivity contribution is 6.17. The molecule has 0 radical (unpaired) electrons. The zero-order valence-electron chi connectivity index (χ0n) is 9.81. The summed E-state index contributed by atoms with van der Waals surface area (Å²) in [6.45, 7) is 4.25. The molecule has 0 amide bonds. The molecule has 0 spiro atoms. The number of nitrogens with one attached hydrogen (secondary N) is 1. The second-order valence-electron chi connectivity index (χ2n) is 4.28. The summed E-state index contributed by atoms with van der Waals surface area (Å²) in [6.07, 6.45) is 3.14. The van der Waals surface area contributed by atoms with Crippen LogP contribution in [0, 0.1) is 13.8 Å². The van der Waals surface area contributed by atoms with Gasteiger partial charge >= 0.3 is 0 Å². The largest absolute Gasteiger partial charge is 0.342 e. The monoisotopic (exact) mass is 236 g/mol. The van der Waals surface area contributed by atoms with E-state index >= 15 is 0 Å². The number of H-pyrrole nitrogens is 1. The topological polar surface area (TPSA) is 28.7 Å². The van der Waals surface area contributed by atoms with Gasteiger partial charge in [0.15, 0.2) is 0 Å². The maximum atomic E-state index is 5.66. The number of hydrogen-bond donors (Lipinski definition) is 1. The number of hydrogen-bond acceptors (Lipinski definition) is 1. The lowest BCUT2D eigenvalue weighted by Gasteiger charge is -1.97. The first-order chi connectivity index (χ1) is 7.70. The van der Waals surface area contributed by atoms with Crippen LogP contribution in [0.1, 0.15) is 29.8 Å². The van der Waals surface area contributed by atoms with Crippen LogP contribution in [0.4, 0.5) is 0 Å². The number of alkyl halides is 1. The van der Waals surface area contributed by atoms with Crippen molar-refractivity contribution < 1.29 is 0 Å². The number of imidazole rings is 1. The first kappa shape index (κ1) is 11.5. The molecule has 2 aromatic rings. The number of benzene rings is 1. The minimum atomic E-state index is 0.735. The Kier molecular flexibility index (Phi) is 3.49. The summed E-state index contributed by atoms with van der Waals surface area (Å²) < 4.78 is 0. The van der Waals surface area contributed by atoms with Crippen LogP contribution in [0.25, 0.3) is 11.0 Å². The molecule has 0 bridgehead atoms. The summed E-state index contributed by atoms with van der Waals surface area (Å²) >= 11 is 5.66. The Balaban J connectivity index is 2.23. The zero-order valence-corrected chi connectivity index (χ0v) is 10.6. The van der Waals surface area contributed by atoms with Gasteiger partial charge in [0, 0.05) is 12.3 Å². The van der Waals surface area contributed by atoms with Crippen LogP contribution >= 0.6 is 11.6 Å². The van der Waals surface area contributed by atoms with Gasteiger partial charge < -0.3 is 4.98 Å². The number of aryl methyl sites for hydroxylation is 3. The van der Waals surface area contributed by atoms with Crippen LogP contribution in [0.5, 0.6) is 0 Å². The third kappa shape index (κ3) is 2.38. The molecule has 1 aromatic heterocycles. The molecule has 16 heavy (non-hydrogen) atoms. The molecule has 2 nitrogen and oxygen atoms in total. The second kappa shape index (κ2) is 4.88. The third-order valence-electron chi connectivity index (χ3n) is 2.94. The van der Waals surface area contributed by atoms with E-state index in [9.17, 15) is 0 Å². The van der Waals surface area contributed by atoms with E-state index in [4.69, 9.17) is 11.6 Å². The molecule has 0 aliphatic heterocycles. The van der Waals surface area contributed by atoms with Gasteiger partial charge in [0.2, 0.25) is 0 Å². The summed E-state index contributed by atoms with van der Waals surface area (Å²) in [4.78, 5) is 7.96. The first-order valence-electron chi connectivity index (χ1n) is 5.72. The molecule has 2 rings (SSSR count). The quantitative estimate of drug-likeness (QED) is 0.636. The maximum Gasteiger partial charge on any atom is 0.107 e. The van der Waals surface area contributed by atoms with E-state index in [1.54, 1.807) is 0 Å². The molecule has 1 N–H and O–H groups in total. The van der Waals surface area contributed by atoms with Crippen LogP contribution in [0.15, 0.2) is 12.1 Å². The van der Waals surface area contributed by atoms with Crippen molar-refractivity contribution in [2.45, 2.75) is 33.1 Å². The Morgan fingerprint density at radius 1 is 1.19 bits per heavy atom. The predicted molar refractivity (Wildman–Crippen MR) is 69.2 cm³/mol. The summed E-state index contributed by atoms with van der Waals surface area (Å²) in [7, 11) is 0. The van der Waals surface area contributed by atoms with E-state index in [-0.39, 0.29) is 0 Å². The molecule has 3 heteroatoms. The molecule has 86 valence electrons. The molecular weight excluding hydrogens is 220 g/mol. The predicted octanol–water partition coefficient (Wildman–Crippen LogP) is 3.74. The van der Waals surface area contributed by atoms with Gasteiger partial charge in [0.1, 0.15) is 5.82 Å². The van der Waals surface area contributed by atoms with Gasteiger partial charge in [-0.1, -0.05) is 0 Å². The van der Waals surface area contributed by atoms with Crippen molar-refractivity contribution in [3.8, 4) is 0 Å². The number of unbranched alkanes of at least 4 members (excludes halogenated alkanes) is 1. The van der Waals surface area contributed by atoms with Gasteiger partial charge in [0.25, 0.3) is 0 Å². The van der Waals surface area contributed by atoms with Crippen LogP contribution in [-0.2, 0) is 6.42 Å². The normalized spacial score (nSPS) is 11.2. The minimum Gasteiger partial charge on any atom is -0.342 e. The Bertz CT molecular complexity index is 449. The van der Waals surface area contributed by atoms with E-state index in [1.165, 1.54) is 11.1 Å². The van der Waals surface area contributed by atoms with Crippen LogP contribution in [0.3, 0.4) is 0 Å². The lowest BCUT2D eigenvalue weighted by Crippen LogP contribution is -1.88. The highest BCUT2D eigenvalue weighted by Gasteiger charge is 2.04. The summed E-state index contributed by atoms with van der Waals surface area (Å²) in [5, 5.41) is 0. The van der Waals surface area contributed by atoms with Crippen molar-refractivity contribution in [2.24, 2.45) is 0 Å². The van der Waals surface area contributed by atoms with E-state index < -0.39 is 0 Å². The van der Waals surface area contributed by atoms with E-state index in [2.05, 4.69) is 35.9 Å². The molecule has 0 atom stereocenters. The van der Waals surface area contributed by atoms with Gasteiger partial charge in [-0.2, -0.15) is 0 Å². The molecule has 0 aliphatic carbocycles. The fourth-order valence-electron chi connectivity index (χ4n) is 1.83. The van der Waals surface area contributed by atoms with Crippen LogP contribution in [0.2, 0.25) is 0 Å². The van der Waals surface area contributed by atoms with Crippen LogP contribution < -0.4 is 0 Å². The summed E-state index contributed by atoms with van der Waals surface area (Å²) in [6, 6.07) is 4.31. The smallest absolute Gasteiger partial charge is 0.107 e. The molecule has 0 fully saturated rings. The summed E-state index contributed by atoms with van der Waals surface area (Å²) in [5.74, 6) is 1.81. The Labute approximate surface area is 101 Å². The fraction of sp³-hybridized carbons (Fsp3) is 0.462. The minimum absolute atomic E-state index is 0.735. The van der Waals surface area contributed by atoms with Gasteiger partial charge in [-0.05, 0) is 49.9 Å². The lowest BCUT2D eigenvalue weighted by atomic mass is 10.1. The molecule has 0 aliphatic rings. The Morgan fingerprint density at radius 3 is 2.69 bits per heavy atom. The third-order valence-corrected chi connectivity index (χ3v) is 3.21.